The van der Waals surface area contributed by atoms with Crippen molar-refractivity contribution in [2.75, 3.05) is 0 Å². The molecule has 1 amide bonds. The van der Waals surface area contributed by atoms with Crippen LogP contribution in [0, 0.1) is 10.1 Å². The van der Waals surface area contributed by atoms with Crippen LogP contribution in [-0.4, -0.2) is 10.8 Å². The monoisotopic (exact) mass is 336 g/mol. The molecule has 0 atom stereocenters. The van der Waals surface area contributed by atoms with Gasteiger partial charge in [-0.15, -0.1) is 0 Å². The summed E-state index contributed by atoms with van der Waals surface area (Å²) in [5, 5.41) is 11.0. The zero-order valence-electron chi connectivity index (χ0n) is 10.1. The average molecular weight is 337 g/mol. The number of rotatable bonds is 4. The van der Waals surface area contributed by atoms with Gasteiger partial charge in [-0.05, 0) is 30.3 Å². The number of carbonyl (C=O) groups is 1. The van der Waals surface area contributed by atoms with E-state index in [1.54, 1.807) is 24.3 Å². The van der Waals surface area contributed by atoms with Crippen LogP contribution in [0.1, 0.15) is 5.76 Å². The van der Waals surface area contributed by atoms with Gasteiger partial charge in [0.05, 0.1) is 10.5 Å². The first-order valence-electron chi connectivity index (χ1n) is 5.49. The molecule has 2 N–H and O–H groups in total. The Kier molecular flexibility index (Phi) is 3.99. The molecule has 6 nitrogen and oxygen atoms in total. The van der Waals surface area contributed by atoms with Crippen LogP contribution in [0.4, 0.5) is 5.69 Å². The molecule has 0 aliphatic heterocycles. The maximum absolute atomic E-state index is 11.0. The lowest BCUT2D eigenvalue weighted by Crippen LogP contribution is -2.04. The lowest BCUT2D eigenvalue weighted by molar-refractivity contribution is -0.384. The van der Waals surface area contributed by atoms with Crippen molar-refractivity contribution in [3.05, 3.63) is 56.8 Å². The minimum atomic E-state index is -0.599. The minimum absolute atomic E-state index is 0.0702. The van der Waals surface area contributed by atoms with Gasteiger partial charge in [-0.2, -0.15) is 0 Å². The van der Waals surface area contributed by atoms with E-state index < -0.39 is 10.8 Å². The number of furan rings is 1. The molecule has 0 spiro atoms. The number of benzene rings is 1. The topological polar surface area (TPSA) is 99.4 Å². The quantitative estimate of drug-likeness (QED) is 0.526. The summed E-state index contributed by atoms with van der Waals surface area (Å²) >= 11 is 3.19. The van der Waals surface area contributed by atoms with Crippen molar-refractivity contribution in [3.8, 4) is 11.3 Å². The number of nitrogens with zero attached hydrogens (tertiary/aromatic N) is 1. The predicted octanol–water partition coefficient (Wildman–Crippen LogP) is 3.12. The number of primary amides is 1. The Morgan fingerprint density at radius 3 is 2.75 bits per heavy atom. The number of hydrogen-bond acceptors (Lipinski definition) is 4. The number of nitro benzene ring substituents is 1. The summed E-state index contributed by atoms with van der Waals surface area (Å²) in [6.45, 7) is 0. The van der Waals surface area contributed by atoms with Crippen molar-refractivity contribution in [2.24, 2.45) is 5.73 Å². The van der Waals surface area contributed by atoms with Crippen molar-refractivity contribution < 1.29 is 14.1 Å². The lowest BCUT2D eigenvalue weighted by atomic mass is 10.1. The van der Waals surface area contributed by atoms with Crippen LogP contribution in [0.2, 0.25) is 0 Å². The van der Waals surface area contributed by atoms with Gasteiger partial charge < -0.3 is 10.2 Å². The highest BCUT2D eigenvalue weighted by atomic mass is 79.9. The zero-order chi connectivity index (χ0) is 14.7. The average Bonchev–Trinajstić information content (AvgIpc) is 2.84. The van der Waals surface area contributed by atoms with Gasteiger partial charge in [-0.25, -0.2) is 0 Å². The van der Waals surface area contributed by atoms with Gasteiger partial charge in [0.1, 0.15) is 11.5 Å². The molecule has 0 saturated carbocycles. The Morgan fingerprint density at radius 2 is 2.10 bits per heavy atom. The first-order valence-corrected chi connectivity index (χ1v) is 6.28. The molecule has 0 aliphatic rings. The van der Waals surface area contributed by atoms with Crippen molar-refractivity contribution >= 4 is 33.6 Å². The van der Waals surface area contributed by atoms with E-state index in [2.05, 4.69) is 15.9 Å². The Labute approximate surface area is 122 Å². The maximum Gasteiger partial charge on any atom is 0.281 e. The molecule has 2 aromatic rings. The fraction of sp³-hybridized carbons (Fsp3) is 0. The predicted molar refractivity (Wildman–Crippen MR) is 76.7 cm³/mol. The van der Waals surface area contributed by atoms with E-state index in [1.807, 2.05) is 0 Å². The number of nitrogens with two attached hydrogens (primary N) is 1. The molecular formula is C13H9BrN2O4. The second kappa shape index (κ2) is 5.70. The molecule has 102 valence electrons. The Bertz CT molecular complexity index is 706. The van der Waals surface area contributed by atoms with Gasteiger partial charge in [-0.1, -0.05) is 15.9 Å². The van der Waals surface area contributed by atoms with Gasteiger partial charge in [0.15, 0.2) is 0 Å². The number of hydrogen-bond donors (Lipinski definition) is 1. The number of halogens is 1. The third-order valence-corrected chi connectivity index (χ3v) is 2.95. The van der Waals surface area contributed by atoms with Gasteiger partial charge in [0, 0.05) is 16.6 Å². The van der Waals surface area contributed by atoms with Crippen LogP contribution in [0.25, 0.3) is 17.4 Å². The van der Waals surface area contributed by atoms with Crippen molar-refractivity contribution in [2.45, 2.75) is 0 Å². The largest absolute Gasteiger partial charge is 0.456 e. The molecule has 1 aromatic carbocycles. The van der Waals surface area contributed by atoms with Crippen molar-refractivity contribution in [1.29, 1.82) is 0 Å². The summed E-state index contributed by atoms with van der Waals surface area (Å²) in [5.74, 6) is 0.127. The summed E-state index contributed by atoms with van der Waals surface area (Å²) < 4.78 is 6.04. The summed E-state index contributed by atoms with van der Waals surface area (Å²) in [6, 6.07) is 7.86. The maximum atomic E-state index is 11.0. The molecule has 0 saturated heterocycles. The number of amides is 1. The summed E-state index contributed by atoms with van der Waals surface area (Å²) in [7, 11) is 0. The van der Waals surface area contributed by atoms with E-state index in [0.29, 0.717) is 21.6 Å². The van der Waals surface area contributed by atoms with E-state index in [0.717, 1.165) is 6.08 Å². The standard InChI is InChI=1S/C13H9BrN2O4/c14-8-1-4-10(11(7-8)16(18)19)12-5-2-9(20-12)3-6-13(15)17/h1-7H,(H2,15,17)/b6-3+. The van der Waals surface area contributed by atoms with Crippen molar-refractivity contribution in [3.63, 3.8) is 0 Å². The molecule has 20 heavy (non-hydrogen) atoms. The SMILES string of the molecule is NC(=O)/C=C/c1ccc(-c2ccc(Br)cc2[N+](=O)[O-])o1. The smallest absolute Gasteiger partial charge is 0.281 e. The molecule has 1 heterocycles. The van der Waals surface area contributed by atoms with E-state index in [9.17, 15) is 14.9 Å². The Hall–Kier alpha value is -2.41. The zero-order valence-corrected chi connectivity index (χ0v) is 11.7. The van der Waals surface area contributed by atoms with Crippen LogP contribution in [-0.2, 0) is 4.79 Å². The first-order chi connectivity index (χ1) is 9.47. The van der Waals surface area contributed by atoms with Crippen LogP contribution in [0.5, 0.6) is 0 Å². The second-order valence-corrected chi connectivity index (χ2v) is 4.77. The highest BCUT2D eigenvalue weighted by molar-refractivity contribution is 9.10. The number of carbonyl (C=O) groups excluding carboxylic acids is 1. The Balaban J connectivity index is 2.42. The molecule has 0 bridgehead atoms. The number of nitro groups is 1. The highest BCUT2D eigenvalue weighted by Gasteiger charge is 2.18. The summed E-state index contributed by atoms with van der Waals surface area (Å²) in [4.78, 5) is 21.2. The van der Waals surface area contributed by atoms with Crippen LogP contribution < -0.4 is 5.73 Å². The van der Waals surface area contributed by atoms with Gasteiger partial charge in [-0.3, -0.25) is 14.9 Å². The third-order valence-electron chi connectivity index (χ3n) is 2.46. The van der Waals surface area contributed by atoms with Gasteiger partial charge in [0.25, 0.3) is 5.69 Å². The lowest BCUT2D eigenvalue weighted by Gasteiger charge is -2.00. The van der Waals surface area contributed by atoms with Crippen LogP contribution in [0.3, 0.4) is 0 Å². The third kappa shape index (κ3) is 3.12. The highest BCUT2D eigenvalue weighted by Crippen LogP contribution is 2.33. The van der Waals surface area contributed by atoms with Gasteiger partial charge in [0.2, 0.25) is 5.91 Å². The van der Waals surface area contributed by atoms with E-state index in [-0.39, 0.29) is 5.69 Å². The van der Waals surface area contributed by atoms with Gasteiger partial charge >= 0.3 is 0 Å². The second-order valence-electron chi connectivity index (χ2n) is 3.86. The van der Waals surface area contributed by atoms with Crippen LogP contribution >= 0.6 is 15.9 Å². The molecule has 0 fully saturated rings. The molecular weight excluding hydrogens is 328 g/mol. The van der Waals surface area contributed by atoms with E-state index in [1.165, 1.54) is 12.1 Å². The van der Waals surface area contributed by atoms with E-state index in [4.69, 9.17) is 10.2 Å². The fourth-order valence-corrected chi connectivity index (χ4v) is 1.96. The molecule has 0 unspecified atom stereocenters. The summed E-state index contributed by atoms with van der Waals surface area (Å²) in [6.07, 6.45) is 2.55. The van der Waals surface area contributed by atoms with Crippen LogP contribution in [0.15, 0.2) is 45.3 Å². The molecule has 0 aliphatic carbocycles. The minimum Gasteiger partial charge on any atom is -0.456 e. The molecule has 1 aromatic heterocycles. The fourth-order valence-electron chi connectivity index (χ4n) is 1.62. The molecule has 7 heteroatoms. The normalized spacial score (nSPS) is 10.8. The van der Waals surface area contributed by atoms with Crippen molar-refractivity contribution in [1.82, 2.24) is 0 Å². The Morgan fingerprint density at radius 1 is 1.35 bits per heavy atom. The first kappa shape index (κ1) is 14.0. The molecule has 0 radical (unpaired) electrons. The molecule has 2 rings (SSSR count). The summed E-state index contributed by atoms with van der Waals surface area (Å²) in [5.41, 5.74) is 5.26. The van der Waals surface area contributed by atoms with E-state index >= 15 is 0 Å².